The molecule has 1 atom stereocenters. The molecule has 2 aromatic carbocycles. The molecule has 0 aliphatic heterocycles. The fraction of sp³-hybridized carbons (Fsp3) is 0.250. The summed E-state index contributed by atoms with van der Waals surface area (Å²) in [4.78, 5) is 0. The van der Waals surface area contributed by atoms with Gasteiger partial charge in [0, 0.05) is 10.0 Å². The second-order valence-electron chi connectivity index (χ2n) is 4.96. The van der Waals surface area contributed by atoms with E-state index in [1.165, 1.54) is 5.56 Å². The first kappa shape index (κ1) is 14.4. The summed E-state index contributed by atoms with van der Waals surface area (Å²) in [5.74, 6) is 0.514. The molecule has 0 amide bonds. The van der Waals surface area contributed by atoms with Gasteiger partial charge in [0.05, 0.1) is 6.04 Å². The third-order valence-electron chi connectivity index (χ3n) is 3.26. The fourth-order valence-corrected chi connectivity index (χ4v) is 2.44. The zero-order chi connectivity index (χ0) is 14.0. The van der Waals surface area contributed by atoms with Crippen LogP contribution in [0.25, 0.3) is 0 Å². The Kier molecular flexibility index (Phi) is 4.51. The van der Waals surface area contributed by atoms with Crippen molar-refractivity contribution in [1.82, 2.24) is 0 Å². The van der Waals surface area contributed by atoms with Crippen LogP contribution in [0.4, 0.5) is 0 Å². The van der Waals surface area contributed by atoms with Gasteiger partial charge in [0.2, 0.25) is 0 Å². The van der Waals surface area contributed by atoms with Crippen LogP contribution in [0, 0.1) is 0 Å². The summed E-state index contributed by atoms with van der Waals surface area (Å²) >= 11 is 12.2. The summed E-state index contributed by atoms with van der Waals surface area (Å²) in [5.41, 5.74) is 9.46. The normalized spacial score (nSPS) is 12.7. The van der Waals surface area contributed by atoms with Crippen molar-refractivity contribution in [3.63, 3.8) is 0 Å². The quantitative estimate of drug-likeness (QED) is 0.830. The van der Waals surface area contributed by atoms with E-state index < -0.39 is 0 Å². The van der Waals surface area contributed by atoms with E-state index in [0.29, 0.717) is 16.0 Å². The number of hydrogen-bond donors (Lipinski definition) is 1. The molecule has 0 aromatic heterocycles. The maximum Gasteiger partial charge on any atom is 0.0566 e. The number of hydrogen-bond acceptors (Lipinski definition) is 1. The van der Waals surface area contributed by atoms with Gasteiger partial charge in [-0.05, 0) is 40.8 Å². The molecule has 0 saturated carbocycles. The van der Waals surface area contributed by atoms with E-state index in [1.54, 1.807) is 12.1 Å². The number of rotatable bonds is 3. The minimum atomic E-state index is -0.257. The van der Waals surface area contributed by atoms with Gasteiger partial charge in [-0.25, -0.2) is 0 Å². The lowest BCUT2D eigenvalue weighted by atomic mass is 9.96. The molecule has 2 N–H and O–H groups in total. The number of benzene rings is 2. The van der Waals surface area contributed by atoms with E-state index in [-0.39, 0.29) is 6.04 Å². The molecule has 19 heavy (non-hydrogen) atoms. The maximum atomic E-state index is 6.27. The van der Waals surface area contributed by atoms with Crippen LogP contribution in [0.3, 0.4) is 0 Å². The highest BCUT2D eigenvalue weighted by atomic mass is 35.5. The van der Waals surface area contributed by atoms with Crippen molar-refractivity contribution < 1.29 is 0 Å². The van der Waals surface area contributed by atoms with Gasteiger partial charge in [0.15, 0.2) is 0 Å². The zero-order valence-electron chi connectivity index (χ0n) is 11.0. The monoisotopic (exact) mass is 293 g/mol. The van der Waals surface area contributed by atoms with Crippen LogP contribution >= 0.6 is 23.2 Å². The van der Waals surface area contributed by atoms with Gasteiger partial charge in [-0.3, -0.25) is 0 Å². The second-order valence-corrected chi connectivity index (χ2v) is 5.81. The van der Waals surface area contributed by atoms with Crippen molar-refractivity contribution in [1.29, 1.82) is 0 Å². The standard InChI is InChI=1S/C16H17Cl2N/c1-10(2)11-3-5-12(6-4-11)16(19)14-9-13(17)7-8-15(14)18/h3-10,16H,19H2,1-2H3. The topological polar surface area (TPSA) is 26.0 Å². The Morgan fingerprint density at radius 3 is 2.05 bits per heavy atom. The summed E-state index contributed by atoms with van der Waals surface area (Å²) in [6.45, 7) is 4.34. The van der Waals surface area contributed by atoms with E-state index in [2.05, 4.69) is 38.1 Å². The molecule has 0 spiro atoms. The van der Waals surface area contributed by atoms with Crippen LogP contribution in [-0.4, -0.2) is 0 Å². The minimum Gasteiger partial charge on any atom is -0.320 e. The Bertz CT molecular complexity index is 561. The van der Waals surface area contributed by atoms with Gasteiger partial charge in [-0.2, -0.15) is 0 Å². The van der Waals surface area contributed by atoms with Crippen LogP contribution in [0.2, 0.25) is 10.0 Å². The fourth-order valence-electron chi connectivity index (χ4n) is 2.02. The molecule has 0 radical (unpaired) electrons. The average molecular weight is 294 g/mol. The molecule has 2 rings (SSSR count). The molecule has 0 aliphatic rings. The summed E-state index contributed by atoms with van der Waals surface area (Å²) in [5, 5.41) is 1.29. The second kappa shape index (κ2) is 5.96. The van der Waals surface area contributed by atoms with Crippen LogP contribution < -0.4 is 5.73 Å². The molecule has 1 nitrogen and oxygen atoms in total. The minimum absolute atomic E-state index is 0.257. The van der Waals surface area contributed by atoms with Crippen LogP contribution in [0.1, 0.15) is 42.5 Å². The molecular formula is C16H17Cl2N. The van der Waals surface area contributed by atoms with E-state index in [4.69, 9.17) is 28.9 Å². The third kappa shape index (κ3) is 3.30. The lowest BCUT2D eigenvalue weighted by Gasteiger charge is -2.15. The van der Waals surface area contributed by atoms with Gasteiger partial charge in [-0.15, -0.1) is 0 Å². The Balaban J connectivity index is 2.33. The predicted octanol–water partition coefficient (Wildman–Crippen LogP) is 5.16. The zero-order valence-corrected chi connectivity index (χ0v) is 12.5. The van der Waals surface area contributed by atoms with E-state index >= 15 is 0 Å². The van der Waals surface area contributed by atoms with Crippen molar-refractivity contribution in [2.45, 2.75) is 25.8 Å². The Morgan fingerprint density at radius 2 is 1.47 bits per heavy atom. The average Bonchev–Trinajstić information content (AvgIpc) is 2.41. The van der Waals surface area contributed by atoms with Gasteiger partial charge in [0.1, 0.15) is 0 Å². The van der Waals surface area contributed by atoms with E-state index in [1.807, 2.05) is 6.07 Å². The molecule has 1 unspecified atom stereocenters. The summed E-state index contributed by atoms with van der Waals surface area (Å²) < 4.78 is 0. The van der Waals surface area contributed by atoms with Gasteiger partial charge in [0.25, 0.3) is 0 Å². The van der Waals surface area contributed by atoms with Gasteiger partial charge in [-0.1, -0.05) is 61.3 Å². The molecule has 2 aromatic rings. The van der Waals surface area contributed by atoms with Crippen LogP contribution in [-0.2, 0) is 0 Å². The van der Waals surface area contributed by atoms with E-state index in [9.17, 15) is 0 Å². The number of nitrogens with two attached hydrogens (primary N) is 1. The highest BCUT2D eigenvalue weighted by Gasteiger charge is 2.13. The van der Waals surface area contributed by atoms with Crippen molar-refractivity contribution >= 4 is 23.2 Å². The lowest BCUT2D eigenvalue weighted by molar-refractivity contribution is 0.847. The van der Waals surface area contributed by atoms with Crippen molar-refractivity contribution in [2.75, 3.05) is 0 Å². The Morgan fingerprint density at radius 1 is 0.895 bits per heavy atom. The van der Waals surface area contributed by atoms with Crippen LogP contribution in [0.15, 0.2) is 42.5 Å². The largest absolute Gasteiger partial charge is 0.320 e. The summed E-state index contributed by atoms with van der Waals surface area (Å²) in [6, 6.07) is 13.4. The first-order chi connectivity index (χ1) is 8.99. The van der Waals surface area contributed by atoms with Crippen molar-refractivity contribution in [3.05, 3.63) is 69.2 Å². The van der Waals surface area contributed by atoms with Crippen molar-refractivity contribution in [2.24, 2.45) is 5.73 Å². The summed E-state index contributed by atoms with van der Waals surface area (Å²) in [7, 11) is 0. The first-order valence-corrected chi connectivity index (χ1v) is 7.05. The predicted molar refractivity (Wildman–Crippen MR) is 83.0 cm³/mol. The Hall–Kier alpha value is -1.02. The molecular weight excluding hydrogens is 277 g/mol. The summed E-state index contributed by atoms with van der Waals surface area (Å²) in [6.07, 6.45) is 0. The maximum absolute atomic E-state index is 6.27. The number of halogens is 2. The smallest absolute Gasteiger partial charge is 0.0566 e. The molecule has 0 heterocycles. The highest BCUT2D eigenvalue weighted by Crippen LogP contribution is 2.29. The first-order valence-electron chi connectivity index (χ1n) is 6.29. The molecule has 3 heteroatoms. The Labute approximate surface area is 124 Å². The molecule has 0 aliphatic carbocycles. The molecule has 0 bridgehead atoms. The van der Waals surface area contributed by atoms with E-state index in [0.717, 1.165) is 11.1 Å². The highest BCUT2D eigenvalue weighted by molar-refractivity contribution is 6.33. The third-order valence-corrected chi connectivity index (χ3v) is 3.83. The lowest BCUT2D eigenvalue weighted by Crippen LogP contribution is -2.12. The molecule has 100 valence electrons. The van der Waals surface area contributed by atoms with Gasteiger partial charge < -0.3 is 5.73 Å². The SMILES string of the molecule is CC(C)c1ccc(C(N)c2cc(Cl)ccc2Cl)cc1. The van der Waals surface area contributed by atoms with Crippen molar-refractivity contribution in [3.8, 4) is 0 Å². The molecule has 0 fully saturated rings. The molecule has 0 saturated heterocycles. The van der Waals surface area contributed by atoms with Crippen LogP contribution in [0.5, 0.6) is 0 Å². The van der Waals surface area contributed by atoms with Gasteiger partial charge >= 0.3 is 0 Å².